The van der Waals surface area contributed by atoms with Crippen LogP contribution in [0.3, 0.4) is 0 Å². The molecule has 3 aromatic carbocycles. The molecule has 1 heterocycles. The summed E-state index contributed by atoms with van der Waals surface area (Å²) in [6, 6.07) is 17.9. The molecule has 216 valence electrons. The minimum Gasteiger partial charge on any atom is -0.390 e. The summed E-state index contributed by atoms with van der Waals surface area (Å²) in [5.41, 5.74) is 3.05. The first-order chi connectivity index (χ1) is 19.8. The first kappa shape index (κ1) is 30.1. The lowest BCUT2D eigenvalue weighted by molar-refractivity contribution is 0.0830. The van der Waals surface area contributed by atoms with Crippen molar-refractivity contribution in [3.05, 3.63) is 107 Å². The van der Waals surface area contributed by atoms with Crippen LogP contribution < -0.4 is 15.5 Å². The molecule has 6 nitrogen and oxygen atoms in total. The van der Waals surface area contributed by atoms with E-state index in [0.717, 1.165) is 47.6 Å². The third-order valence-corrected chi connectivity index (χ3v) is 7.17. The number of hydrogen-bond acceptors (Lipinski definition) is 5. The van der Waals surface area contributed by atoms with E-state index >= 15 is 0 Å². The second kappa shape index (κ2) is 14.1. The van der Waals surface area contributed by atoms with Crippen molar-refractivity contribution in [3.8, 4) is 0 Å². The average Bonchev–Trinajstić information content (AvgIpc) is 2.95. The van der Waals surface area contributed by atoms with Crippen molar-refractivity contribution in [3.63, 3.8) is 0 Å². The van der Waals surface area contributed by atoms with Crippen LogP contribution in [0.15, 0.2) is 72.9 Å². The zero-order chi connectivity index (χ0) is 29.4. The third-order valence-electron chi connectivity index (χ3n) is 7.17. The van der Waals surface area contributed by atoms with Crippen LogP contribution >= 0.6 is 0 Å². The van der Waals surface area contributed by atoms with Gasteiger partial charge in [0.2, 0.25) is 0 Å². The molecule has 0 bridgehead atoms. The number of aliphatic hydroxyl groups is 1. The highest BCUT2D eigenvalue weighted by atomic mass is 19.1. The van der Waals surface area contributed by atoms with E-state index in [4.69, 9.17) is 0 Å². The van der Waals surface area contributed by atoms with Crippen LogP contribution in [0.2, 0.25) is 0 Å². The number of fused-ring (bicyclic) bond motifs is 1. The molecule has 1 amide bonds. The SMILES string of the molecule is CCCN(C)c1nccc2ccc(C(=O)N[C@@H](Cc3cc(F)cc(F)c3)[C@@H](O)CNCc3cccc(CC)c3)cc12. The van der Waals surface area contributed by atoms with Gasteiger partial charge in [0.05, 0.1) is 12.1 Å². The van der Waals surface area contributed by atoms with Crippen LogP contribution in [0.4, 0.5) is 14.6 Å². The molecule has 4 rings (SSSR count). The molecule has 41 heavy (non-hydrogen) atoms. The van der Waals surface area contributed by atoms with Crippen LogP contribution in [0.25, 0.3) is 10.8 Å². The number of benzene rings is 3. The van der Waals surface area contributed by atoms with E-state index in [1.165, 1.54) is 17.7 Å². The van der Waals surface area contributed by atoms with Crippen molar-refractivity contribution >= 4 is 22.5 Å². The van der Waals surface area contributed by atoms with Crippen molar-refractivity contribution in [1.29, 1.82) is 0 Å². The van der Waals surface area contributed by atoms with Crippen molar-refractivity contribution < 1.29 is 18.7 Å². The van der Waals surface area contributed by atoms with E-state index < -0.39 is 29.7 Å². The summed E-state index contributed by atoms with van der Waals surface area (Å²) in [4.78, 5) is 20.1. The van der Waals surface area contributed by atoms with Gasteiger partial charge in [-0.05, 0) is 71.7 Å². The molecule has 0 saturated carbocycles. The first-order valence-electron chi connectivity index (χ1n) is 14.1. The number of aryl methyl sites for hydroxylation is 1. The lowest BCUT2D eigenvalue weighted by Gasteiger charge is -2.25. The number of anilines is 1. The van der Waals surface area contributed by atoms with E-state index in [0.29, 0.717) is 17.7 Å². The Morgan fingerprint density at radius 3 is 2.46 bits per heavy atom. The Labute approximate surface area is 240 Å². The lowest BCUT2D eigenvalue weighted by Crippen LogP contribution is -2.48. The van der Waals surface area contributed by atoms with Crippen LogP contribution in [0.5, 0.6) is 0 Å². The molecular weight excluding hydrogens is 522 g/mol. The molecule has 0 spiro atoms. The minimum absolute atomic E-state index is 0.0498. The van der Waals surface area contributed by atoms with Crippen LogP contribution in [0, 0.1) is 11.6 Å². The first-order valence-corrected chi connectivity index (χ1v) is 14.1. The highest BCUT2D eigenvalue weighted by Gasteiger charge is 2.23. The Kier molecular flexibility index (Phi) is 10.4. The standard InChI is InChI=1S/C33H38F2N4O2/c1-4-13-39(3)32-29-18-26(10-9-25(29)11-12-37-32)33(41)38-30(17-24-15-27(34)19-28(35)16-24)31(40)21-36-20-23-8-6-7-22(5-2)14-23/h6-12,14-16,18-19,30-31,36,40H,4-5,13,17,20-21H2,1-3H3,(H,38,41)/t30-,31-/m0/s1. The van der Waals surface area contributed by atoms with Gasteiger partial charge in [0.1, 0.15) is 17.5 Å². The number of carbonyl (C=O) groups is 1. The fraction of sp³-hybridized carbons (Fsp3) is 0.333. The van der Waals surface area contributed by atoms with Crippen molar-refractivity contribution in [2.45, 2.75) is 51.8 Å². The van der Waals surface area contributed by atoms with E-state index in [-0.39, 0.29) is 13.0 Å². The van der Waals surface area contributed by atoms with Gasteiger partial charge in [0.25, 0.3) is 5.91 Å². The maximum Gasteiger partial charge on any atom is 0.251 e. The van der Waals surface area contributed by atoms with Crippen molar-refractivity contribution in [1.82, 2.24) is 15.6 Å². The predicted molar refractivity (Wildman–Crippen MR) is 160 cm³/mol. The largest absolute Gasteiger partial charge is 0.390 e. The molecule has 0 aliphatic carbocycles. The Hall–Kier alpha value is -3.88. The number of aliphatic hydroxyl groups excluding tert-OH is 1. The summed E-state index contributed by atoms with van der Waals surface area (Å²) >= 11 is 0. The third kappa shape index (κ3) is 8.08. The fourth-order valence-corrected chi connectivity index (χ4v) is 5.02. The summed E-state index contributed by atoms with van der Waals surface area (Å²) < 4.78 is 27.9. The molecule has 0 saturated heterocycles. The zero-order valence-electron chi connectivity index (χ0n) is 23.8. The molecule has 0 fully saturated rings. The van der Waals surface area contributed by atoms with E-state index in [2.05, 4.69) is 46.5 Å². The second-order valence-corrected chi connectivity index (χ2v) is 10.4. The van der Waals surface area contributed by atoms with Gasteiger partial charge in [0.15, 0.2) is 0 Å². The number of hydrogen-bond donors (Lipinski definition) is 3. The van der Waals surface area contributed by atoms with Gasteiger partial charge < -0.3 is 20.6 Å². The molecule has 1 aromatic heterocycles. The fourth-order valence-electron chi connectivity index (χ4n) is 5.02. The van der Waals surface area contributed by atoms with Gasteiger partial charge >= 0.3 is 0 Å². The Balaban J connectivity index is 1.54. The number of aromatic nitrogens is 1. The Bertz CT molecular complexity index is 1460. The summed E-state index contributed by atoms with van der Waals surface area (Å²) in [5.74, 6) is -1.03. The van der Waals surface area contributed by atoms with Crippen molar-refractivity contribution in [2.75, 3.05) is 25.0 Å². The van der Waals surface area contributed by atoms with Crippen LogP contribution in [0.1, 0.15) is 47.3 Å². The van der Waals surface area contributed by atoms with E-state index in [1.54, 1.807) is 18.3 Å². The van der Waals surface area contributed by atoms with E-state index in [1.807, 2.05) is 31.3 Å². The second-order valence-electron chi connectivity index (χ2n) is 10.4. The van der Waals surface area contributed by atoms with Gasteiger partial charge in [-0.2, -0.15) is 0 Å². The predicted octanol–water partition coefficient (Wildman–Crippen LogP) is 5.41. The molecule has 2 atom stereocenters. The molecule has 0 aliphatic rings. The highest BCUT2D eigenvalue weighted by Crippen LogP contribution is 2.25. The topological polar surface area (TPSA) is 77.5 Å². The van der Waals surface area contributed by atoms with Crippen LogP contribution in [-0.4, -0.2) is 48.3 Å². The summed E-state index contributed by atoms with van der Waals surface area (Å²) in [6.07, 6.45) is 2.66. The molecule has 0 aliphatic heterocycles. The molecule has 3 N–H and O–H groups in total. The zero-order valence-corrected chi connectivity index (χ0v) is 23.8. The molecular formula is C33H38F2N4O2. The van der Waals surface area contributed by atoms with Crippen molar-refractivity contribution in [2.24, 2.45) is 0 Å². The average molecular weight is 561 g/mol. The number of rotatable bonds is 13. The van der Waals surface area contributed by atoms with Gasteiger partial charge in [-0.15, -0.1) is 0 Å². The number of halogens is 2. The Morgan fingerprint density at radius 2 is 1.73 bits per heavy atom. The van der Waals surface area contributed by atoms with Gasteiger partial charge in [-0.25, -0.2) is 13.8 Å². The maximum atomic E-state index is 14.0. The summed E-state index contributed by atoms with van der Waals surface area (Å²) in [5, 5.41) is 19.1. The molecule has 4 aromatic rings. The summed E-state index contributed by atoms with van der Waals surface area (Å²) in [7, 11) is 1.97. The number of nitrogens with one attached hydrogen (secondary N) is 2. The number of amides is 1. The quantitative estimate of drug-likeness (QED) is 0.204. The van der Waals surface area contributed by atoms with Gasteiger partial charge in [-0.3, -0.25) is 4.79 Å². The van der Waals surface area contributed by atoms with Crippen LogP contribution in [-0.2, 0) is 19.4 Å². The Morgan fingerprint density at radius 1 is 0.976 bits per heavy atom. The summed E-state index contributed by atoms with van der Waals surface area (Å²) in [6.45, 7) is 5.71. The number of carbonyl (C=O) groups excluding carboxylic acids is 1. The lowest BCUT2D eigenvalue weighted by atomic mass is 9.99. The molecule has 8 heteroatoms. The minimum atomic E-state index is -1.02. The van der Waals surface area contributed by atoms with E-state index in [9.17, 15) is 18.7 Å². The maximum absolute atomic E-state index is 14.0. The van der Waals surface area contributed by atoms with Gasteiger partial charge in [0, 0.05) is 49.9 Å². The monoisotopic (exact) mass is 560 g/mol. The highest BCUT2D eigenvalue weighted by molar-refractivity contribution is 6.01. The smallest absolute Gasteiger partial charge is 0.251 e. The van der Waals surface area contributed by atoms with Gasteiger partial charge in [-0.1, -0.05) is 44.2 Å². The number of nitrogens with zero attached hydrogens (tertiary/aromatic N) is 2. The molecule has 0 unspecified atom stereocenters. The normalized spacial score (nSPS) is 12.7. The number of pyridine rings is 1. The molecule has 0 radical (unpaired) electrons.